The number of carbonyl (C=O) groups excluding carboxylic acids is 3. The van der Waals surface area contributed by atoms with E-state index in [-0.39, 0.29) is 22.8 Å². The van der Waals surface area contributed by atoms with Gasteiger partial charge in [0.1, 0.15) is 5.70 Å². The van der Waals surface area contributed by atoms with Gasteiger partial charge in [-0.25, -0.2) is 4.98 Å². The number of hydrogen-bond donors (Lipinski definition) is 3. The van der Waals surface area contributed by atoms with Crippen molar-refractivity contribution in [2.75, 3.05) is 10.6 Å². The van der Waals surface area contributed by atoms with Crippen LogP contribution in [-0.2, 0) is 9.59 Å². The van der Waals surface area contributed by atoms with E-state index in [1.54, 1.807) is 36.4 Å². The molecule has 0 fully saturated rings. The molecule has 5 rings (SSSR count). The van der Waals surface area contributed by atoms with Crippen LogP contribution in [0.25, 0.3) is 17.3 Å². The van der Waals surface area contributed by atoms with Crippen LogP contribution < -0.4 is 16.0 Å². The number of hydrogen-bond acceptors (Lipinski definition) is 6. The van der Waals surface area contributed by atoms with Crippen LogP contribution in [0.4, 0.5) is 10.8 Å². The van der Waals surface area contributed by atoms with Crippen molar-refractivity contribution in [3.05, 3.63) is 136 Å². The molecular formula is C37H34N4O3S2. The van der Waals surface area contributed by atoms with Crippen LogP contribution in [-0.4, -0.2) is 28.0 Å². The lowest BCUT2D eigenvalue weighted by molar-refractivity contribution is -0.116. The second-order valence-corrected chi connectivity index (χ2v) is 12.8. The molecule has 0 aliphatic rings. The first-order valence-corrected chi connectivity index (χ1v) is 16.6. The number of nitrogens with zero attached hydrogens (tertiary/aromatic N) is 1. The maximum Gasteiger partial charge on any atom is 0.272 e. The number of aromatic nitrogens is 1. The molecule has 0 spiro atoms. The predicted octanol–water partition coefficient (Wildman–Crippen LogP) is 8.35. The standard InChI is InChI=1S/C37H34N4O3S2/c1-4-33(36(44)41-37-40-32(23-45-37)27-19-15-25(3)16-20-27)46-30-12-8-11-29(22-30)38-35(43)31(21-26-17-13-24(2)14-18-26)39-34(42)28-9-6-5-7-10-28/h5-23,33H,4H2,1-3H3,(H,38,43)(H,39,42)(H,40,41,44)/b31-21-. The molecule has 0 bridgehead atoms. The van der Waals surface area contributed by atoms with Gasteiger partial charge >= 0.3 is 0 Å². The minimum absolute atomic E-state index is 0.107. The number of thiazole rings is 1. The highest BCUT2D eigenvalue weighted by atomic mass is 32.2. The summed E-state index contributed by atoms with van der Waals surface area (Å²) in [6, 6.07) is 31.8. The Morgan fingerprint density at radius 3 is 2.24 bits per heavy atom. The van der Waals surface area contributed by atoms with Gasteiger partial charge in [-0.05, 0) is 62.2 Å². The minimum Gasteiger partial charge on any atom is -0.321 e. The number of nitrogens with one attached hydrogen (secondary N) is 3. The van der Waals surface area contributed by atoms with E-state index in [1.807, 2.05) is 98.9 Å². The number of benzene rings is 4. The van der Waals surface area contributed by atoms with E-state index >= 15 is 0 Å². The third kappa shape index (κ3) is 8.80. The highest BCUT2D eigenvalue weighted by Gasteiger charge is 2.20. The molecule has 7 nitrogen and oxygen atoms in total. The van der Waals surface area contributed by atoms with Gasteiger partial charge in [0.15, 0.2) is 5.13 Å². The summed E-state index contributed by atoms with van der Waals surface area (Å²) in [5.74, 6) is -0.995. The fourth-order valence-corrected chi connectivity index (χ4v) is 6.21. The average molecular weight is 647 g/mol. The Hall–Kier alpha value is -4.99. The molecule has 9 heteroatoms. The quantitative estimate of drug-likeness (QED) is 0.0990. The number of thioether (sulfide) groups is 1. The molecule has 1 aromatic heterocycles. The molecule has 4 aromatic carbocycles. The normalized spacial score (nSPS) is 11.8. The first-order valence-electron chi connectivity index (χ1n) is 14.8. The maximum atomic E-state index is 13.5. The van der Waals surface area contributed by atoms with Gasteiger partial charge in [0.05, 0.1) is 10.9 Å². The van der Waals surface area contributed by atoms with Gasteiger partial charge in [0.2, 0.25) is 5.91 Å². The zero-order chi connectivity index (χ0) is 32.5. The molecule has 232 valence electrons. The molecule has 0 aliphatic heterocycles. The number of carbonyl (C=O) groups is 3. The molecule has 0 aliphatic carbocycles. The largest absolute Gasteiger partial charge is 0.321 e. The zero-order valence-electron chi connectivity index (χ0n) is 25.7. The summed E-state index contributed by atoms with van der Waals surface area (Å²) in [4.78, 5) is 45.1. The predicted molar refractivity (Wildman–Crippen MR) is 189 cm³/mol. The number of anilines is 2. The molecule has 46 heavy (non-hydrogen) atoms. The van der Waals surface area contributed by atoms with Crippen molar-refractivity contribution >= 4 is 57.7 Å². The van der Waals surface area contributed by atoms with Crippen molar-refractivity contribution in [2.45, 2.75) is 37.3 Å². The van der Waals surface area contributed by atoms with E-state index in [4.69, 9.17) is 0 Å². The summed E-state index contributed by atoms with van der Waals surface area (Å²) in [6.07, 6.45) is 2.24. The van der Waals surface area contributed by atoms with Gasteiger partial charge in [-0.1, -0.05) is 90.8 Å². The molecule has 1 atom stereocenters. The lowest BCUT2D eigenvalue weighted by atomic mass is 10.1. The van der Waals surface area contributed by atoms with Crippen LogP contribution in [0.3, 0.4) is 0 Å². The average Bonchev–Trinajstić information content (AvgIpc) is 3.53. The van der Waals surface area contributed by atoms with E-state index in [2.05, 4.69) is 20.9 Å². The molecule has 3 N–H and O–H groups in total. The minimum atomic E-state index is -0.468. The summed E-state index contributed by atoms with van der Waals surface area (Å²) in [5.41, 5.74) is 5.94. The number of rotatable bonds is 11. The van der Waals surface area contributed by atoms with Crippen LogP contribution >= 0.6 is 23.1 Å². The van der Waals surface area contributed by atoms with Crippen molar-refractivity contribution < 1.29 is 14.4 Å². The Morgan fingerprint density at radius 2 is 1.54 bits per heavy atom. The monoisotopic (exact) mass is 646 g/mol. The first kappa shape index (κ1) is 32.4. The maximum absolute atomic E-state index is 13.5. The van der Waals surface area contributed by atoms with Crippen molar-refractivity contribution in [3.63, 3.8) is 0 Å². The van der Waals surface area contributed by atoms with E-state index in [1.165, 1.54) is 28.7 Å². The molecular weight excluding hydrogens is 613 g/mol. The molecule has 0 saturated carbocycles. The zero-order valence-corrected chi connectivity index (χ0v) is 27.4. The highest BCUT2D eigenvalue weighted by Crippen LogP contribution is 2.30. The SMILES string of the molecule is CCC(Sc1cccc(NC(=O)/C(=C/c2ccc(C)cc2)NC(=O)c2ccccc2)c1)C(=O)Nc1nc(-c2ccc(C)cc2)cs1. The van der Waals surface area contributed by atoms with Crippen LogP contribution in [0.5, 0.6) is 0 Å². The fourth-order valence-electron chi connectivity index (χ4n) is 4.48. The highest BCUT2D eigenvalue weighted by molar-refractivity contribution is 8.00. The van der Waals surface area contributed by atoms with Crippen molar-refractivity contribution in [1.82, 2.24) is 10.3 Å². The number of aryl methyl sites for hydroxylation is 2. The molecule has 0 radical (unpaired) electrons. The summed E-state index contributed by atoms with van der Waals surface area (Å²) in [5, 5.41) is 10.8. The van der Waals surface area contributed by atoms with Gasteiger partial charge in [-0.3, -0.25) is 14.4 Å². The smallest absolute Gasteiger partial charge is 0.272 e. The molecule has 1 heterocycles. The van der Waals surface area contributed by atoms with Gasteiger partial charge in [-0.15, -0.1) is 23.1 Å². The Kier molecular flexibility index (Phi) is 10.8. The van der Waals surface area contributed by atoms with Gasteiger partial charge in [-0.2, -0.15) is 0 Å². The topological polar surface area (TPSA) is 100 Å². The Bertz CT molecular complexity index is 1850. The van der Waals surface area contributed by atoms with Gasteiger partial charge in [0, 0.05) is 27.1 Å². The van der Waals surface area contributed by atoms with E-state index in [0.717, 1.165) is 27.3 Å². The van der Waals surface area contributed by atoms with Crippen LogP contribution in [0.15, 0.2) is 119 Å². The Morgan fingerprint density at radius 1 is 0.848 bits per heavy atom. The van der Waals surface area contributed by atoms with Crippen molar-refractivity contribution in [2.24, 2.45) is 0 Å². The fraction of sp³-hybridized carbons (Fsp3) is 0.135. The van der Waals surface area contributed by atoms with Crippen molar-refractivity contribution in [1.29, 1.82) is 0 Å². The van der Waals surface area contributed by atoms with Gasteiger partial charge < -0.3 is 16.0 Å². The first-order chi connectivity index (χ1) is 22.3. The molecule has 0 saturated heterocycles. The molecule has 1 unspecified atom stereocenters. The summed E-state index contributed by atoms with van der Waals surface area (Å²) >= 11 is 2.80. The Labute approximate surface area is 277 Å². The second-order valence-electron chi connectivity index (χ2n) is 10.7. The van der Waals surface area contributed by atoms with Crippen LogP contribution in [0, 0.1) is 13.8 Å². The van der Waals surface area contributed by atoms with Crippen LogP contribution in [0.2, 0.25) is 0 Å². The molecule has 5 aromatic rings. The van der Waals surface area contributed by atoms with Crippen LogP contribution in [0.1, 0.15) is 40.4 Å². The summed E-state index contributed by atoms with van der Waals surface area (Å²) < 4.78 is 0. The second kappa shape index (κ2) is 15.3. The third-order valence-electron chi connectivity index (χ3n) is 7.03. The van der Waals surface area contributed by atoms with E-state index in [9.17, 15) is 14.4 Å². The van der Waals surface area contributed by atoms with E-state index in [0.29, 0.717) is 22.8 Å². The molecule has 3 amide bonds. The third-order valence-corrected chi connectivity index (χ3v) is 9.15. The lowest BCUT2D eigenvalue weighted by Crippen LogP contribution is -2.30. The lowest BCUT2D eigenvalue weighted by Gasteiger charge is -2.15. The number of amides is 3. The van der Waals surface area contributed by atoms with Gasteiger partial charge in [0.25, 0.3) is 11.8 Å². The summed E-state index contributed by atoms with van der Waals surface area (Å²) in [7, 11) is 0. The van der Waals surface area contributed by atoms with E-state index < -0.39 is 5.91 Å². The summed E-state index contributed by atoms with van der Waals surface area (Å²) in [6.45, 7) is 5.98. The van der Waals surface area contributed by atoms with Crippen molar-refractivity contribution in [3.8, 4) is 11.3 Å². The Balaban J connectivity index is 1.27.